The lowest BCUT2D eigenvalue weighted by atomic mass is 9.90. The van der Waals surface area contributed by atoms with Gasteiger partial charge in [-0.3, -0.25) is 0 Å². The third-order valence-corrected chi connectivity index (χ3v) is 7.91. The number of nitrogens with zero attached hydrogens (tertiary/aromatic N) is 4. The predicted octanol–water partition coefficient (Wildman–Crippen LogP) is 6.51. The first-order valence-electron chi connectivity index (χ1n) is 14.1. The van der Waals surface area contributed by atoms with Gasteiger partial charge in [0.25, 0.3) is 0 Å². The molecule has 0 spiro atoms. The van der Waals surface area contributed by atoms with Crippen molar-refractivity contribution < 1.29 is 9.13 Å². The molecule has 3 heterocycles. The largest absolute Gasteiger partial charge is 0.376 e. The summed E-state index contributed by atoms with van der Waals surface area (Å²) >= 11 is 6.51. The summed E-state index contributed by atoms with van der Waals surface area (Å²) in [4.78, 5) is 11.7. The van der Waals surface area contributed by atoms with E-state index in [1.807, 2.05) is 6.07 Å². The molecule has 0 aromatic carbocycles. The Morgan fingerprint density at radius 3 is 2.63 bits per heavy atom. The summed E-state index contributed by atoms with van der Waals surface area (Å²) in [6.45, 7) is 7.79. The number of rotatable bonds is 11. The van der Waals surface area contributed by atoms with Crippen LogP contribution in [0.4, 0.5) is 16.0 Å². The van der Waals surface area contributed by atoms with Gasteiger partial charge >= 0.3 is 0 Å². The molecule has 9 heteroatoms. The van der Waals surface area contributed by atoms with E-state index >= 15 is 0 Å². The van der Waals surface area contributed by atoms with E-state index in [9.17, 15) is 9.65 Å². The average molecular weight is 543 g/mol. The Morgan fingerprint density at radius 1 is 1.16 bits per heavy atom. The van der Waals surface area contributed by atoms with E-state index in [1.165, 1.54) is 44.8 Å². The summed E-state index contributed by atoms with van der Waals surface area (Å²) in [5.74, 6) is 0.435. The fraction of sp³-hybridized carbons (Fsp3) is 0.621. The molecule has 2 aromatic rings. The second-order valence-corrected chi connectivity index (χ2v) is 10.9. The zero-order valence-electron chi connectivity index (χ0n) is 22.6. The molecule has 2 aromatic heterocycles. The van der Waals surface area contributed by atoms with Gasteiger partial charge in [0.2, 0.25) is 0 Å². The number of ether oxygens (including phenoxy) is 1. The maximum Gasteiger partial charge on any atom is 0.165 e. The van der Waals surface area contributed by atoms with E-state index in [0.717, 1.165) is 25.1 Å². The molecule has 2 fully saturated rings. The van der Waals surface area contributed by atoms with E-state index in [-0.39, 0.29) is 17.8 Å². The van der Waals surface area contributed by atoms with Crippen LogP contribution in [0.5, 0.6) is 0 Å². The summed E-state index contributed by atoms with van der Waals surface area (Å²) in [5, 5.41) is 16.3. The number of pyridine rings is 2. The molecule has 2 N–H and O–H groups in total. The Morgan fingerprint density at radius 2 is 1.92 bits per heavy atom. The summed E-state index contributed by atoms with van der Waals surface area (Å²) < 4.78 is 20.3. The highest BCUT2D eigenvalue weighted by Crippen LogP contribution is 2.31. The Labute approximate surface area is 231 Å². The first kappa shape index (κ1) is 28.5. The van der Waals surface area contributed by atoms with Crippen molar-refractivity contribution in [2.75, 3.05) is 36.9 Å². The first-order valence-corrected chi connectivity index (χ1v) is 14.5. The van der Waals surface area contributed by atoms with Crippen LogP contribution in [0.25, 0.3) is 11.3 Å². The monoisotopic (exact) mass is 542 g/mol. The van der Waals surface area contributed by atoms with Gasteiger partial charge in [0, 0.05) is 37.0 Å². The topological polar surface area (TPSA) is 86.1 Å². The molecule has 1 aliphatic heterocycles. The number of hydrogen-bond acceptors (Lipinski definition) is 7. The SMILES string of the molecule is CCCN(CCC)[C@H]1CC[C@H](Nc2cc(-c3ccc(F)c(NCC4CC(C#N)CCO4)n3)c(Cl)cn2)CC1. The lowest BCUT2D eigenvalue weighted by Crippen LogP contribution is -2.41. The molecule has 0 radical (unpaired) electrons. The summed E-state index contributed by atoms with van der Waals surface area (Å²) in [6.07, 6.45) is 9.83. The van der Waals surface area contributed by atoms with Gasteiger partial charge in [0.1, 0.15) is 5.82 Å². The molecular formula is C29H40ClFN6O. The fourth-order valence-corrected chi connectivity index (χ4v) is 5.83. The molecule has 1 aliphatic carbocycles. The van der Waals surface area contributed by atoms with Crippen LogP contribution in [0.1, 0.15) is 65.2 Å². The van der Waals surface area contributed by atoms with Crippen LogP contribution in [0.2, 0.25) is 5.02 Å². The van der Waals surface area contributed by atoms with Gasteiger partial charge in [0.05, 0.1) is 28.8 Å². The zero-order chi connectivity index (χ0) is 26.9. The molecule has 2 aliphatic rings. The van der Waals surface area contributed by atoms with Crippen molar-refractivity contribution in [3.8, 4) is 17.3 Å². The number of halogens is 2. The Balaban J connectivity index is 1.39. The molecule has 2 unspecified atom stereocenters. The molecule has 206 valence electrons. The van der Waals surface area contributed by atoms with Crippen LogP contribution < -0.4 is 10.6 Å². The molecule has 2 atom stereocenters. The van der Waals surface area contributed by atoms with Crippen molar-refractivity contribution in [3.05, 3.63) is 35.2 Å². The van der Waals surface area contributed by atoms with E-state index < -0.39 is 5.82 Å². The molecule has 7 nitrogen and oxygen atoms in total. The van der Waals surface area contributed by atoms with Gasteiger partial charge in [0.15, 0.2) is 11.6 Å². The number of anilines is 2. The minimum absolute atomic E-state index is 0.0251. The number of nitrogens with one attached hydrogen (secondary N) is 2. The normalized spacial score (nSPS) is 23.7. The van der Waals surface area contributed by atoms with Crippen molar-refractivity contribution in [3.63, 3.8) is 0 Å². The molecule has 1 saturated heterocycles. The maximum atomic E-state index is 14.6. The summed E-state index contributed by atoms with van der Waals surface area (Å²) in [7, 11) is 0. The van der Waals surface area contributed by atoms with Crippen molar-refractivity contribution in [2.45, 2.75) is 83.4 Å². The highest BCUT2D eigenvalue weighted by molar-refractivity contribution is 6.33. The standard InChI is InChI=1S/C29H40ClFN6O/c1-3-12-37(13-4-2)22-7-5-21(6-8-22)35-28-16-24(25(30)19-33-28)27-10-9-26(31)29(36-27)34-18-23-15-20(17-32)11-14-38-23/h9-10,16,19-23H,3-8,11-15,18H2,1-2H3,(H,33,35)(H,34,36)/t20?,21-,22-,23?. The van der Waals surface area contributed by atoms with Crippen LogP contribution in [0, 0.1) is 23.1 Å². The number of nitriles is 1. The smallest absolute Gasteiger partial charge is 0.165 e. The number of aromatic nitrogens is 2. The van der Waals surface area contributed by atoms with Gasteiger partial charge in [-0.2, -0.15) is 5.26 Å². The first-order chi connectivity index (χ1) is 18.5. The van der Waals surface area contributed by atoms with E-state index in [2.05, 4.69) is 45.4 Å². The van der Waals surface area contributed by atoms with Crippen LogP contribution in [0.3, 0.4) is 0 Å². The molecule has 38 heavy (non-hydrogen) atoms. The molecule has 4 rings (SSSR count). The quantitative estimate of drug-likeness (QED) is 0.334. The van der Waals surface area contributed by atoms with Crippen LogP contribution in [0.15, 0.2) is 24.4 Å². The molecule has 0 amide bonds. The van der Waals surface area contributed by atoms with Gasteiger partial charge in [-0.05, 0) is 82.7 Å². The molecule has 1 saturated carbocycles. The van der Waals surface area contributed by atoms with Gasteiger partial charge in [-0.1, -0.05) is 25.4 Å². The molecular weight excluding hydrogens is 503 g/mol. The lowest BCUT2D eigenvalue weighted by molar-refractivity contribution is 0.0104. The predicted molar refractivity (Wildman–Crippen MR) is 151 cm³/mol. The van der Waals surface area contributed by atoms with Gasteiger partial charge in [-0.15, -0.1) is 0 Å². The maximum absolute atomic E-state index is 14.6. The minimum Gasteiger partial charge on any atom is -0.376 e. The van der Waals surface area contributed by atoms with Gasteiger partial charge in [-0.25, -0.2) is 14.4 Å². The Kier molecular flexibility index (Phi) is 10.6. The van der Waals surface area contributed by atoms with Crippen LogP contribution in [-0.4, -0.2) is 59.3 Å². The third kappa shape index (κ3) is 7.56. The minimum atomic E-state index is -0.443. The average Bonchev–Trinajstić information content (AvgIpc) is 2.94. The van der Waals surface area contributed by atoms with E-state index in [4.69, 9.17) is 16.3 Å². The van der Waals surface area contributed by atoms with E-state index in [1.54, 1.807) is 12.3 Å². The van der Waals surface area contributed by atoms with Gasteiger partial charge < -0.3 is 20.3 Å². The second kappa shape index (κ2) is 14.1. The second-order valence-electron chi connectivity index (χ2n) is 10.5. The van der Waals surface area contributed by atoms with Crippen molar-refractivity contribution in [2.24, 2.45) is 5.92 Å². The fourth-order valence-electron chi connectivity index (χ4n) is 5.63. The zero-order valence-corrected chi connectivity index (χ0v) is 23.3. The highest BCUT2D eigenvalue weighted by atomic mass is 35.5. The lowest BCUT2D eigenvalue weighted by Gasteiger charge is -2.37. The van der Waals surface area contributed by atoms with Crippen molar-refractivity contribution in [1.29, 1.82) is 5.26 Å². The third-order valence-electron chi connectivity index (χ3n) is 7.61. The van der Waals surface area contributed by atoms with E-state index in [0.29, 0.717) is 47.9 Å². The number of hydrogen-bond donors (Lipinski definition) is 2. The highest BCUT2D eigenvalue weighted by Gasteiger charge is 2.26. The summed E-state index contributed by atoms with van der Waals surface area (Å²) in [5.41, 5.74) is 1.28. The van der Waals surface area contributed by atoms with Crippen LogP contribution >= 0.6 is 11.6 Å². The Bertz CT molecular complexity index is 1080. The molecule has 0 bridgehead atoms. The van der Waals surface area contributed by atoms with Crippen molar-refractivity contribution >= 4 is 23.2 Å². The van der Waals surface area contributed by atoms with Crippen LogP contribution in [-0.2, 0) is 4.74 Å². The summed E-state index contributed by atoms with van der Waals surface area (Å²) in [6, 6.07) is 8.27. The van der Waals surface area contributed by atoms with Crippen molar-refractivity contribution in [1.82, 2.24) is 14.9 Å². The Hall–Kier alpha value is -2.47.